The van der Waals surface area contributed by atoms with Crippen LogP contribution >= 0.6 is 27.7 Å². The molecule has 0 saturated heterocycles. The molecule has 0 aliphatic heterocycles. The predicted octanol–water partition coefficient (Wildman–Crippen LogP) is 3.42. The minimum atomic E-state index is 0.0429. The number of carbonyl (C=O) groups is 1. The number of rotatable bonds is 4. The highest BCUT2D eigenvalue weighted by Crippen LogP contribution is 2.19. The number of thioether (sulfide) groups is 1. The summed E-state index contributed by atoms with van der Waals surface area (Å²) in [5, 5.41) is 9.78. The zero-order valence-corrected chi connectivity index (χ0v) is 13.2. The fraction of sp³-hybridized carbons (Fsp3) is 0.133. The van der Waals surface area contributed by atoms with Gasteiger partial charge in [-0.2, -0.15) is 5.26 Å². The standard InChI is InChI=1S/C15H11BrN2OS/c1-10-2-3-12(8-17)15(18-10)20-9-14(19)11-4-6-13(16)7-5-11/h2-7H,9H2,1H3/p+1. The first-order valence-electron chi connectivity index (χ1n) is 5.95. The molecule has 1 heterocycles. The number of halogens is 1. The van der Waals surface area contributed by atoms with Crippen molar-refractivity contribution < 1.29 is 9.78 Å². The number of H-pyrrole nitrogens is 1. The van der Waals surface area contributed by atoms with Crippen LogP contribution in [0.1, 0.15) is 21.6 Å². The number of carbonyl (C=O) groups excluding carboxylic acids is 1. The molecule has 0 bridgehead atoms. The molecule has 5 heteroatoms. The summed E-state index contributed by atoms with van der Waals surface area (Å²) in [5.74, 6) is 0.345. The van der Waals surface area contributed by atoms with E-state index in [1.807, 2.05) is 25.1 Å². The third kappa shape index (κ3) is 3.69. The Morgan fingerprint density at radius 2 is 2.00 bits per heavy atom. The van der Waals surface area contributed by atoms with Crippen LogP contribution in [0.3, 0.4) is 0 Å². The topological polar surface area (TPSA) is 55.0 Å². The first-order valence-corrected chi connectivity index (χ1v) is 7.72. The van der Waals surface area contributed by atoms with Gasteiger partial charge in [0.15, 0.2) is 11.5 Å². The van der Waals surface area contributed by atoms with Gasteiger partial charge in [-0.05, 0) is 30.0 Å². The number of aromatic amines is 1. The third-order valence-corrected chi connectivity index (χ3v) is 4.24. The molecule has 100 valence electrons. The van der Waals surface area contributed by atoms with Crippen LogP contribution in [0.15, 0.2) is 45.9 Å². The molecule has 0 fully saturated rings. The van der Waals surface area contributed by atoms with Crippen LogP contribution in [0.5, 0.6) is 0 Å². The summed E-state index contributed by atoms with van der Waals surface area (Å²) >= 11 is 4.69. The lowest BCUT2D eigenvalue weighted by molar-refractivity contribution is -0.435. The third-order valence-electron chi connectivity index (χ3n) is 2.69. The average Bonchev–Trinajstić information content (AvgIpc) is 2.45. The van der Waals surface area contributed by atoms with Crippen molar-refractivity contribution in [3.63, 3.8) is 0 Å². The summed E-state index contributed by atoms with van der Waals surface area (Å²) in [6, 6.07) is 13.0. The Labute approximate surface area is 130 Å². The quantitative estimate of drug-likeness (QED) is 0.628. The number of ketones is 1. The van der Waals surface area contributed by atoms with Gasteiger partial charge in [-0.1, -0.05) is 28.1 Å². The van der Waals surface area contributed by atoms with Crippen molar-refractivity contribution in [3.8, 4) is 6.07 Å². The van der Waals surface area contributed by atoms with Crippen molar-refractivity contribution in [1.82, 2.24) is 0 Å². The molecule has 20 heavy (non-hydrogen) atoms. The number of hydrogen-bond acceptors (Lipinski definition) is 3. The molecular weight excluding hydrogens is 336 g/mol. The Morgan fingerprint density at radius 1 is 1.30 bits per heavy atom. The minimum absolute atomic E-state index is 0.0429. The molecule has 0 saturated carbocycles. The maximum atomic E-state index is 12.1. The molecular formula is C15H12BrN2OS+. The largest absolute Gasteiger partial charge is 0.293 e. The first kappa shape index (κ1) is 14.8. The molecule has 0 aliphatic rings. The molecule has 0 radical (unpaired) electrons. The monoisotopic (exact) mass is 347 g/mol. The van der Waals surface area contributed by atoms with Crippen molar-refractivity contribution >= 4 is 33.5 Å². The summed E-state index contributed by atoms with van der Waals surface area (Å²) in [6.07, 6.45) is 0. The highest BCUT2D eigenvalue weighted by atomic mass is 79.9. The smallest absolute Gasteiger partial charge is 0.257 e. The van der Waals surface area contributed by atoms with Gasteiger partial charge in [0.25, 0.3) is 5.03 Å². The van der Waals surface area contributed by atoms with E-state index in [0.29, 0.717) is 16.9 Å². The second-order valence-corrected chi connectivity index (χ2v) is 6.12. The molecule has 1 aromatic heterocycles. The number of aryl methyl sites for hydroxylation is 1. The number of nitriles is 1. The van der Waals surface area contributed by atoms with Crippen LogP contribution in [0, 0.1) is 18.3 Å². The van der Waals surface area contributed by atoms with Crippen molar-refractivity contribution in [2.24, 2.45) is 0 Å². The SMILES string of the molecule is Cc1ccc(C#N)c(SCC(=O)c2ccc(Br)cc2)[nH+]1. The first-order chi connectivity index (χ1) is 9.60. The van der Waals surface area contributed by atoms with E-state index < -0.39 is 0 Å². The van der Waals surface area contributed by atoms with E-state index in [2.05, 4.69) is 27.0 Å². The molecule has 0 amide bonds. The van der Waals surface area contributed by atoms with E-state index in [4.69, 9.17) is 5.26 Å². The number of nitrogens with zero attached hydrogens (tertiary/aromatic N) is 1. The van der Waals surface area contributed by atoms with E-state index in [1.165, 1.54) is 11.8 Å². The zero-order chi connectivity index (χ0) is 14.5. The van der Waals surface area contributed by atoms with E-state index in [0.717, 1.165) is 15.2 Å². The summed E-state index contributed by atoms with van der Waals surface area (Å²) in [5.41, 5.74) is 2.19. The van der Waals surface area contributed by atoms with Gasteiger partial charge < -0.3 is 0 Å². The molecule has 0 unspecified atom stereocenters. The van der Waals surface area contributed by atoms with Crippen molar-refractivity contribution in [3.05, 3.63) is 57.7 Å². The summed E-state index contributed by atoms with van der Waals surface area (Å²) in [7, 11) is 0. The van der Waals surface area contributed by atoms with E-state index in [-0.39, 0.29) is 5.78 Å². The number of nitrogens with one attached hydrogen (secondary N) is 1. The van der Waals surface area contributed by atoms with Crippen molar-refractivity contribution in [2.75, 3.05) is 5.75 Å². The molecule has 0 aliphatic carbocycles. The van der Waals surface area contributed by atoms with Crippen LogP contribution < -0.4 is 4.98 Å². The fourth-order valence-corrected chi connectivity index (χ4v) is 2.84. The van der Waals surface area contributed by atoms with Crippen LogP contribution in [-0.4, -0.2) is 11.5 Å². The van der Waals surface area contributed by atoms with Crippen LogP contribution in [0.4, 0.5) is 0 Å². The maximum Gasteiger partial charge on any atom is 0.257 e. The van der Waals surface area contributed by atoms with E-state index in [1.54, 1.807) is 18.2 Å². The van der Waals surface area contributed by atoms with Gasteiger partial charge in [0.05, 0.1) is 5.75 Å². The Balaban J connectivity index is 2.09. The Morgan fingerprint density at radius 3 is 2.65 bits per heavy atom. The lowest BCUT2D eigenvalue weighted by Gasteiger charge is -2.00. The number of hydrogen-bond donors (Lipinski definition) is 0. The van der Waals surface area contributed by atoms with Gasteiger partial charge in [-0.25, -0.2) is 4.98 Å². The fourth-order valence-electron chi connectivity index (χ4n) is 1.63. The zero-order valence-electron chi connectivity index (χ0n) is 10.8. The van der Waals surface area contributed by atoms with Gasteiger partial charge in [0, 0.05) is 23.0 Å². The van der Waals surface area contributed by atoms with Gasteiger partial charge in [-0.15, -0.1) is 0 Å². The number of pyridine rings is 1. The molecule has 1 N–H and O–H groups in total. The second kappa shape index (κ2) is 6.69. The molecule has 3 nitrogen and oxygen atoms in total. The Bertz CT molecular complexity index is 677. The highest BCUT2D eigenvalue weighted by molar-refractivity contribution is 9.10. The summed E-state index contributed by atoms with van der Waals surface area (Å²) in [4.78, 5) is 15.2. The molecule has 1 aromatic carbocycles. The van der Waals surface area contributed by atoms with Gasteiger partial charge >= 0.3 is 0 Å². The Kier molecular flexibility index (Phi) is 4.94. The number of aromatic nitrogens is 1. The maximum absolute atomic E-state index is 12.1. The van der Waals surface area contributed by atoms with E-state index >= 15 is 0 Å². The van der Waals surface area contributed by atoms with Crippen LogP contribution in [-0.2, 0) is 0 Å². The van der Waals surface area contributed by atoms with E-state index in [9.17, 15) is 4.79 Å². The summed E-state index contributed by atoms with van der Waals surface area (Å²) < 4.78 is 0.945. The average molecular weight is 348 g/mol. The highest BCUT2D eigenvalue weighted by Gasteiger charge is 2.14. The van der Waals surface area contributed by atoms with Crippen molar-refractivity contribution in [1.29, 1.82) is 5.26 Å². The molecule has 0 spiro atoms. The molecule has 0 atom stereocenters. The Hall–Kier alpha value is -1.64. The normalized spacial score (nSPS) is 10.1. The van der Waals surface area contributed by atoms with Gasteiger partial charge in [-0.3, -0.25) is 4.79 Å². The molecule has 2 rings (SSSR count). The predicted molar refractivity (Wildman–Crippen MR) is 81.6 cm³/mol. The number of benzene rings is 1. The molecule has 2 aromatic rings. The second-order valence-electron chi connectivity index (χ2n) is 4.21. The number of Topliss-reactive ketones (excluding diaryl/α,β-unsaturated/α-hetero) is 1. The minimum Gasteiger partial charge on any atom is -0.293 e. The van der Waals surface area contributed by atoms with Gasteiger partial charge in [0.1, 0.15) is 11.6 Å². The van der Waals surface area contributed by atoms with Crippen LogP contribution in [0.25, 0.3) is 0 Å². The van der Waals surface area contributed by atoms with Crippen LogP contribution in [0.2, 0.25) is 0 Å². The lowest BCUT2D eigenvalue weighted by atomic mass is 10.2. The van der Waals surface area contributed by atoms with Crippen molar-refractivity contribution in [2.45, 2.75) is 11.9 Å². The summed E-state index contributed by atoms with van der Waals surface area (Å²) in [6.45, 7) is 1.92. The van der Waals surface area contributed by atoms with Gasteiger partial charge in [0.2, 0.25) is 0 Å². The lowest BCUT2D eigenvalue weighted by Crippen LogP contribution is -2.14.